The second kappa shape index (κ2) is 14.4. The third-order valence-corrected chi connectivity index (χ3v) is 5.52. The third-order valence-electron chi connectivity index (χ3n) is 4.53. The summed E-state index contributed by atoms with van der Waals surface area (Å²) in [7, 11) is 4.09. The molecule has 34 heavy (non-hydrogen) atoms. The summed E-state index contributed by atoms with van der Waals surface area (Å²) in [6.07, 6.45) is 3.93. The van der Waals surface area contributed by atoms with Crippen LogP contribution in [0, 0.1) is 10.1 Å². The van der Waals surface area contributed by atoms with E-state index in [9.17, 15) is 10.1 Å². The molecule has 0 radical (unpaired) electrons. The maximum atomic E-state index is 11.6. The van der Waals surface area contributed by atoms with Crippen LogP contribution in [0.3, 0.4) is 0 Å². The van der Waals surface area contributed by atoms with E-state index in [4.69, 9.17) is 5.11 Å². The first kappa shape index (κ1) is 27.4. The first-order valence-corrected chi connectivity index (χ1v) is 12.4. The Labute approximate surface area is 206 Å². The van der Waals surface area contributed by atoms with Gasteiger partial charge < -0.3 is 20.3 Å². The smallest absolute Gasteiger partial charge is 0.314 e. The van der Waals surface area contributed by atoms with Crippen molar-refractivity contribution in [2.75, 3.05) is 31.7 Å². The average Bonchev–Trinajstić information content (AvgIpc) is 3.16. The highest BCUT2D eigenvalue weighted by molar-refractivity contribution is 7.98. The Morgan fingerprint density at radius 1 is 1.21 bits per heavy atom. The summed E-state index contributed by atoms with van der Waals surface area (Å²) in [4.78, 5) is 20.9. The average molecular weight is 486 g/mol. The molecule has 0 fully saturated rings. The van der Waals surface area contributed by atoms with Crippen LogP contribution >= 0.6 is 11.8 Å². The molecule has 184 valence electrons. The van der Waals surface area contributed by atoms with Crippen molar-refractivity contribution in [1.82, 2.24) is 14.9 Å². The van der Waals surface area contributed by atoms with Gasteiger partial charge in [0.2, 0.25) is 0 Å². The molecule has 0 bridgehead atoms. The standard InChI is InChI=1S/C22H27N5O2S.C3H8O/c1-26(2)15-18-8-9-23-20(13-18)16-30-11-10-24-22-21(27(28)29)19(14-25-22)12-17-6-4-3-5-7-17;1-3(2)4/h3-9,13-14,24-25H,10-12,15-16H2,1-2H3;3-4H,1-2H3. The van der Waals surface area contributed by atoms with Crippen molar-refractivity contribution in [2.45, 2.75) is 38.7 Å². The molecule has 0 aliphatic carbocycles. The number of pyridine rings is 1. The Morgan fingerprint density at radius 3 is 2.56 bits per heavy atom. The first-order valence-electron chi connectivity index (χ1n) is 11.2. The minimum atomic E-state index is -0.315. The number of anilines is 1. The van der Waals surface area contributed by atoms with E-state index >= 15 is 0 Å². The van der Waals surface area contributed by atoms with Gasteiger partial charge in [-0.1, -0.05) is 30.3 Å². The fraction of sp³-hybridized carbons (Fsp3) is 0.400. The number of hydrogen-bond acceptors (Lipinski definition) is 7. The van der Waals surface area contributed by atoms with Crippen LogP contribution in [0.5, 0.6) is 0 Å². The number of thioether (sulfide) groups is 1. The summed E-state index contributed by atoms with van der Waals surface area (Å²) in [6, 6.07) is 13.9. The summed E-state index contributed by atoms with van der Waals surface area (Å²) in [5.74, 6) is 2.11. The summed E-state index contributed by atoms with van der Waals surface area (Å²) in [5, 5.41) is 22.8. The van der Waals surface area contributed by atoms with Crippen molar-refractivity contribution in [2.24, 2.45) is 0 Å². The van der Waals surface area contributed by atoms with Crippen molar-refractivity contribution in [1.29, 1.82) is 0 Å². The van der Waals surface area contributed by atoms with E-state index in [1.807, 2.05) is 56.7 Å². The Morgan fingerprint density at radius 2 is 1.91 bits per heavy atom. The molecular weight excluding hydrogens is 450 g/mol. The van der Waals surface area contributed by atoms with Gasteiger partial charge in [-0.15, -0.1) is 0 Å². The van der Waals surface area contributed by atoms with Crippen LogP contribution < -0.4 is 5.32 Å². The van der Waals surface area contributed by atoms with Crippen LogP contribution in [0.15, 0.2) is 54.9 Å². The topological polar surface area (TPSA) is 107 Å². The van der Waals surface area contributed by atoms with Gasteiger partial charge in [-0.3, -0.25) is 15.1 Å². The third kappa shape index (κ3) is 9.94. The number of benzene rings is 1. The van der Waals surface area contributed by atoms with E-state index in [1.54, 1.807) is 31.8 Å². The zero-order chi connectivity index (χ0) is 24.9. The van der Waals surface area contributed by atoms with Crippen molar-refractivity contribution in [3.05, 3.63) is 87.4 Å². The lowest BCUT2D eigenvalue weighted by molar-refractivity contribution is -0.384. The van der Waals surface area contributed by atoms with Gasteiger partial charge in [0.25, 0.3) is 0 Å². The van der Waals surface area contributed by atoms with E-state index in [0.29, 0.717) is 24.3 Å². The predicted molar refractivity (Wildman–Crippen MR) is 140 cm³/mol. The van der Waals surface area contributed by atoms with Crippen LogP contribution in [0.1, 0.15) is 36.2 Å². The number of aromatic nitrogens is 2. The second-order valence-electron chi connectivity index (χ2n) is 8.42. The van der Waals surface area contributed by atoms with Gasteiger partial charge in [0.1, 0.15) is 0 Å². The number of aliphatic hydroxyl groups excluding tert-OH is 1. The van der Waals surface area contributed by atoms with Crippen molar-refractivity contribution < 1.29 is 10.0 Å². The van der Waals surface area contributed by atoms with Gasteiger partial charge in [0.15, 0.2) is 5.82 Å². The molecule has 8 nitrogen and oxygen atoms in total. The van der Waals surface area contributed by atoms with Crippen LogP contribution in [0.4, 0.5) is 11.5 Å². The first-order chi connectivity index (χ1) is 16.3. The van der Waals surface area contributed by atoms with Crippen LogP contribution in [-0.4, -0.2) is 57.4 Å². The lowest BCUT2D eigenvalue weighted by Crippen LogP contribution is -2.11. The molecule has 0 amide bonds. The number of aromatic amines is 1. The van der Waals surface area contributed by atoms with E-state index in [0.717, 1.165) is 29.3 Å². The Balaban J connectivity index is 0.000000945. The molecular formula is C25H35N5O3S. The van der Waals surface area contributed by atoms with Crippen LogP contribution in [-0.2, 0) is 18.7 Å². The molecule has 0 spiro atoms. The molecule has 2 heterocycles. The predicted octanol–water partition coefficient (Wildman–Crippen LogP) is 4.70. The lowest BCUT2D eigenvalue weighted by Gasteiger charge is -2.10. The minimum absolute atomic E-state index is 0.127. The van der Waals surface area contributed by atoms with Gasteiger partial charge >= 0.3 is 5.69 Å². The van der Waals surface area contributed by atoms with Crippen molar-refractivity contribution >= 4 is 23.3 Å². The zero-order valence-electron chi connectivity index (χ0n) is 20.3. The molecule has 0 atom stereocenters. The molecule has 9 heteroatoms. The largest absolute Gasteiger partial charge is 0.394 e. The normalized spacial score (nSPS) is 10.8. The fourth-order valence-electron chi connectivity index (χ4n) is 3.25. The number of nitro groups is 1. The summed E-state index contributed by atoms with van der Waals surface area (Å²) in [5.41, 5.74) is 4.16. The molecule has 3 rings (SSSR count). The SMILES string of the molecule is CC(C)O.CN(C)Cc1ccnc(CSCCNc2[nH]cc(Cc3ccccc3)c2[N+](=O)[O-])c1. The molecule has 0 saturated carbocycles. The minimum Gasteiger partial charge on any atom is -0.394 e. The molecule has 3 aromatic rings. The Hall–Kier alpha value is -2.88. The number of hydrogen-bond donors (Lipinski definition) is 3. The van der Waals surface area contributed by atoms with Gasteiger partial charge in [-0.25, -0.2) is 0 Å². The highest BCUT2D eigenvalue weighted by Gasteiger charge is 2.22. The van der Waals surface area contributed by atoms with Gasteiger partial charge in [0.05, 0.1) is 16.2 Å². The Kier molecular flexibility index (Phi) is 11.6. The number of nitrogens with zero attached hydrogens (tertiary/aromatic N) is 3. The lowest BCUT2D eigenvalue weighted by atomic mass is 10.1. The monoisotopic (exact) mass is 485 g/mol. The molecule has 0 unspecified atom stereocenters. The van der Waals surface area contributed by atoms with E-state index in [2.05, 4.69) is 26.3 Å². The maximum absolute atomic E-state index is 11.6. The number of nitrogens with one attached hydrogen (secondary N) is 2. The summed E-state index contributed by atoms with van der Waals surface area (Å²) < 4.78 is 0. The van der Waals surface area contributed by atoms with E-state index < -0.39 is 0 Å². The van der Waals surface area contributed by atoms with E-state index in [1.165, 1.54) is 5.56 Å². The highest BCUT2D eigenvalue weighted by Crippen LogP contribution is 2.30. The molecule has 0 aliphatic rings. The number of H-pyrrole nitrogens is 1. The number of aliphatic hydroxyl groups is 1. The van der Waals surface area contributed by atoms with Gasteiger partial charge in [-0.2, -0.15) is 11.8 Å². The highest BCUT2D eigenvalue weighted by atomic mass is 32.2. The fourth-order valence-corrected chi connectivity index (χ4v) is 4.00. The van der Waals surface area contributed by atoms with E-state index in [-0.39, 0.29) is 16.7 Å². The van der Waals surface area contributed by atoms with Gasteiger partial charge in [-0.05, 0) is 51.2 Å². The van der Waals surface area contributed by atoms with Crippen LogP contribution in [0.25, 0.3) is 0 Å². The van der Waals surface area contributed by atoms with Crippen molar-refractivity contribution in [3.63, 3.8) is 0 Å². The van der Waals surface area contributed by atoms with Crippen LogP contribution in [0.2, 0.25) is 0 Å². The zero-order valence-corrected chi connectivity index (χ0v) is 21.1. The number of rotatable bonds is 11. The molecule has 2 aromatic heterocycles. The van der Waals surface area contributed by atoms with Crippen molar-refractivity contribution in [3.8, 4) is 0 Å². The second-order valence-corrected chi connectivity index (χ2v) is 9.53. The molecule has 0 saturated heterocycles. The summed E-state index contributed by atoms with van der Waals surface area (Å²) >= 11 is 1.75. The maximum Gasteiger partial charge on any atom is 0.314 e. The Bertz CT molecular complexity index is 1010. The van der Waals surface area contributed by atoms with Gasteiger partial charge in [0, 0.05) is 49.5 Å². The summed E-state index contributed by atoms with van der Waals surface area (Å²) in [6.45, 7) is 4.97. The molecule has 1 aromatic carbocycles. The quantitative estimate of drug-likeness (QED) is 0.205. The molecule has 3 N–H and O–H groups in total. The molecule has 0 aliphatic heterocycles.